The van der Waals surface area contributed by atoms with Gasteiger partial charge in [-0.05, 0) is 33.2 Å². The molecule has 3 heteroatoms. The number of aryl methyl sites for hydroxylation is 1. The van der Waals surface area contributed by atoms with Crippen molar-refractivity contribution in [2.45, 2.75) is 13.3 Å². The third-order valence-electron chi connectivity index (χ3n) is 1.80. The van der Waals surface area contributed by atoms with Crippen LogP contribution in [0.3, 0.4) is 0 Å². The van der Waals surface area contributed by atoms with Crippen molar-refractivity contribution < 1.29 is 9.21 Å². The summed E-state index contributed by atoms with van der Waals surface area (Å²) in [4.78, 5) is 13.4. The highest BCUT2D eigenvalue weighted by Gasteiger charge is 2.09. The molecule has 1 aromatic heterocycles. The van der Waals surface area contributed by atoms with Gasteiger partial charge in [0.05, 0.1) is 0 Å². The van der Waals surface area contributed by atoms with Crippen LogP contribution in [0.4, 0.5) is 0 Å². The molecule has 13 heavy (non-hydrogen) atoms. The molecule has 0 atom stereocenters. The maximum Gasteiger partial charge on any atom is 0.199 e. The van der Waals surface area contributed by atoms with Crippen molar-refractivity contribution in [3.63, 3.8) is 0 Å². The first-order valence-corrected chi connectivity index (χ1v) is 4.34. The van der Waals surface area contributed by atoms with E-state index in [4.69, 9.17) is 4.42 Å². The van der Waals surface area contributed by atoms with E-state index in [9.17, 15) is 4.79 Å². The second-order valence-corrected chi connectivity index (χ2v) is 3.39. The van der Waals surface area contributed by atoms with Crippen LogP contribution in [0.15, 0.2) is 16.5 Å². The monoisotopic (exact) mass is 181 g/mol. The number of carbonyl (C=O) groups excluding carboxylic acids is 1. The van der Waals surface area contributed by atoms with E-state index in [-0.39, 0.29) is 5.78 Å². The number of hydrogen-bond donors (Lipinski definition) is 0. The van der Waals surface area contributed by atoms with Gasteiger partial charge in [-0.25, -0.2) is 0 Å². The normalized spacial score (nSPS) is 10.8. The molecule has 0 saturated carbocycles. The predicted octanol–water partition coefficient (Wildman–Crippen LogP) is 1.72. The average Bonchev–Trinajstić information content (AvgIpc) is 2.47. The van der Waals surface area contributed by atoms with Gasteiger partial charge >= 0.3 is 0 Å². The summed E-state index contributed by atoms with van der Waals surface area (Å²) >= 11 is 0. The summed E-state index contributed by atoms with van der Waals surface area (Å²) in [7, 11) is 3.89. The summed E-state index contributed by atoms with van der Waals surface area (Å²) in [5.74, 6) is 1.33. The predicted molar refractivity (Wildman–Crippen MR) is 50.9 cm³/mol. The molecule has 72 valence electrons. The van der Waals surface area contributed by atoms with Gasteiger partial charge < -0.3 is 9.32 Å². The van der Waals surface area contributed by atoms with E-state index < -0.39 is 0 Å². The van der Waals surface area contributed by atoms with E-state index in [1.165, 1.54) is 0 Å². The van der Waals surface area contributed by atoms with Crippen LogP contribution in [-0.2, 0) is 0 Å². The molecular weight excluding hydrogens is 166 g/mol. The Balaban J connectivity index is 2.49. The molecule has 0 N–H and O–H groups in total. The first-order chi connectivity index (χ1) is 6.09. The highest BCUT2D eigenvalue weighted by atomic mass is 16.3. The first kappa shape index (κ1) is 9.99. The Morgan fingerprint density at radius 1 is 1.46 bits per heavy atom. The molecule has 0 amide bonds. The Morgan fingerprint density at radius 2 is 2.15 bits per heavy atom. The molecule has 0 aromatic carbocycles. The SMILES string of the molecule is Cc1ccc(C(=O)CCN(C)C)o1. The maximum atomic E-state index is 11.4. The minimum atomic E-state index is 0.0711. The summed E-state index contributed by atoms with van der Waals surface area (Å²) in [6.45, 7) is 2.60. The minimum absolute atomic E-state index is 0.0711. The van der Waals surface area contributed by atoms with E-state index in [1.54, 1.807) is 6.07 Å². The summed E-state index contributed by atoms with van der Waals surface area (Å²) in [5, 5.41) is 0. The van der Waals surface area contributed by atoms with Gasteiger partial charge in [0.15, 0.2) is 11.5 Å². The van der Waals surface area contributed by atoms with Crippen LogP contribution in [0.1, 0.15) is 22.7 Å². The molecule has 1 heterocycles. The zero-order chi connectivity index (χ0) is 9.84. The zero-order valence-electron chi connectivity index (χ0n) is 8.33. The number of furan rings is 1. The molecule has 0 spiro atoms. The number of nitrogens with zero attached hydrogens (tertiary/aromatic N) is 1. The van der Waals surface area contributed by atoms with Crippen LogP contribution < -0.4 is 0 Å². The molecule has 1 rings (SSSR count). The number of Topliss-reactive ketones (excluding diaryl/α,β-unsaturated/α-hetero) is 1. The van der Waals surface area contributed by atoms with Crippen molar-refractivity contribution in [2.75, 3.05) is 20.6 Å². The molecule has 0 bridgehead atoms. The van der Waals surface area contributed by atoms with E-state index in [1.807, 2.05) is 32.0 Å². The molecule has 1 aromatic rings. The second-order valence-electron chi connectivity index (χ2n) is 3.39. The Kier molecular flexibility index (Phi) is 3.25. The largest absolute Gasteiger partial charge is 0.458 e. The smallest absolute Gasteiger partial charge is 0.199 e. The van der Waals surface area contributed by atoms with Crippen molar-refractivity contribution in [1.29, 1.82) is 0 Å². The lowest BCUT2D eigenvalue weighted by Gasteiger charge is -2.06. The third-order valence-corrected chi connectivity index (χ3v) is 1.80. The summed E-state index contributed by atoms with van der Waals surface area (Å²) in [5.41, 5.74) is 0. The molecule has 0 aliphatic heterocycles. The van der Waals surface area contributed by atoms with E-state index >= 15 is 0 Å². The second kappa shape index (κ2) is 4.23. The lowest BCUT2D eigenvalue weighted by Crippen LogP contribution is -2.16. The van der Waals surface area contributed by atoms with Gasteiger partial charge in [0, 0.05) is 13.0 Å². The van der Waals surface area contributed by atoms with Crippen LogP contribution in [0, 0.1) is 6.92 Å². The number of ketones is 1. The lowest BCUT2D eigenvalue weighted by molar-refractivity contribution is 0.0944. The van der Waals surface area contributed by atoms with Gasteiger partial charge in [-0.2, -0.15) is 0 Å². The van der Waals surface area contributed by atoms with Crippen molar-refractivity contribution in [3.8, 4) is 0 Å². The van der Waals surface area contributed by atoms with Gasteiger partial charge in [-0.1, -0.05) is 0 Å². The highest BCUT2D eigenvalue weighted by Crippen LogP contribution is 2.08. The minimum Gasteiger partial charge on any atom is -0.458 e. The molecule has 0 fully saturated rings. The van der Waals surface area contributed by atoms with Crippen molar-refractivity contribution in [3.05, 3.63) is 23.7 Å². The Bertz CT molecular complexity index is 289. The standard InChI is InChI=1S/C10H15NO2/c1-8-4-5-10(13-8)9(12)6-7-11(2)3/h4-5H,6-7H2,1-3H3. The van der Waals surface area contributed by atoms with E-state index in [0.29, 0.717) is 12.2 Å². The molecule has 0 saturated heterocycles. The Morgan fingerprint density at radius 3 is 2.62 bits per heavy atom. The van der Waals surface area contributed by atoms with Gasteiger partial charge in [0.1, 0.15) is 5.76 Å². The molecule has 3 nitrogen and oxygen atoms in total. The highest BCUT2D eigenvalue weighted by molar-refractivity contribution is 5.93. The Labute approximate surface area is 78.3 Å². The fourth-order valence-electron chi connectivity index (χ4n) is 1.03. The van der Waals surface area contributed by atoms with Crippen molar-refractivity contribution in [2.24, 2.45) is 0 Å². The molecule has 0 aliphatic rings. The molecule has 0 aliphatic carbocycles. The number of hydrogen-bond acceptors (Lipinski definition) is 3. The van der Waals surface area contributed by atoms with Crippen LogP contribution in [0.25, 0.3) is 0 Å². The number of carbonyl (C=O) groups is 1. The van der Waals surface area contributed by atoms with E-state index in [2.05, 4.69) is 0 Å². The number of rotatable bonds is 4. The molecule has 0 radical (unpaired) electrons. The van der Waals surface area contributed by atoms with Crippen LogP contribution in [-0.4, -0.2) is 31.3 Å². The molecule has 0 unspecified atom stereocenters. The Hall–Kier alpha value is -1.09. The van der Waals surface area contributed by atoms with Gasteiger partial charge in [-0.15, -0.1) is 0 Å². The van der Waals surface area contributed by atoms with Gasteiger partial charge in [0.25, 0.3) is 0 Å². The maximum absolute atomic E-state index is 11.4. The quantitative estimate of drug-likeness (QED) is 0.663. The lowest BCUT2D eigenvalue weighted by atomic mass is 10.2. The van der Waals surface area contributed by atoms with Crippen molar-refractivity contribution in [1.82, 2.24) is 4.90 Å². The van der Waals surface area contributed by atoms with E-state index in [0.717, 1.165) is 12.3 Å². The first-order valence-electron chi connectivity index (χ1n) is 4.34. The van der Waals surface area contributed by atoms with Crippen LogP contribution >= 0.6 is 0 Å². The zero-order valence-corrected chi connectivity index (χ0v) is 8.33. The van der Waals surface area contributed by atoms with Crippen LogP contribution in [0.2, 0.25) is 0 Å². The van der Waals surface area contributed by atoms with Gasteiger partial charge in [-0.3, -0.25) is 4.79 Å². The fraction of sp³-hybridized carbons (Fsp3) is 0.500. The third kappa shape index (κ3) is 3.03. The van der Waals surface area contributed by atoms with Crippen molar-refractivity contribution >= 4 is 5.78 Å². The van der Waals surface area contributed by atoms with Gasteiger partial charge in [0.2, 0.25) is 0 Å². The summed E-state index contributed by atoms with van der Waals surface area (Å²) in [6.07, 6.45) is 0.514. The van der Waals surface area contributed by atoms with Crippen LogP contribution in [0.5, 0.6) is 0 Å². The summed E-state index contributed by atoms with van der Waals surface area (Å²) < 4.78 is 5.21. The average molecular weight is 181 g/mol. The topological polar surface area (TPSA) is 33.5 Å². The molecular formula is C10H15NO2. The fourth-order valence-corrected chi connectivity index (χ4v) is 1.03. The summed E-state index contributed by atoms with van der Waals surface area (Å²) in [6, 6.07) is 3.54.